The molecule has 0 spiro atoms. The molecule has 5 rings (SSSR count). The zero-order valence-corrected chi connectivity index (χ0v) is 20.0. The predicted molar refractivity (Wildman–Crippen MR) is 126 cm³/mol. The lowest BCUT2D eigenvalue weighted by atomic mass is 9.60. The van der Waals surface area contributed by atoms with Crippen molar-refractivity contribution in [1.82, 2.24) is 5.06 Å². The molecule has 0 aromatic heterocycles. The topological polar surface area (TPSA) is 130 Å². The first kappa shape index (κ1) is 23.7. The Labute approximate surface area is 206 Å². The number of aromatic hydroxyl groups is 1. The quantitative estimate of drug-likeness (QED) is 0.285. The van der Waals surface area contributed by atoms with Crippen molar-refractivity contribution in [3.8, 4) is 17.2 Å². The highest BCUT2D eigenvalue weighted by Gasteiger charge is 2.55. The summed E-state index contributed by atoms with van der Waals surface area (Å²) < 4.78 is 10.5. The fourth-order valence-electron chi connectivity index (χ4n) is 5.84. The second kappa shape index (κ2) is 8.60. The molecule has 9 nitrogen and oxygen atoms in total. The molecule has 1 aliphatic heterocycles. The van der Waals surface area contributed by atoms with Gasteiger partial charge in [-0.05, 0) is 49.5 Å². The number of ketones is 2. The SMILES string of the molecule is COc1cc(C=C[C@H]2C3=CC[C@@H]4C(=O)N(O)C(=O)[C@@H]4[C@@H]3CC3=C2C(=O)C(C)=CC3=O)cc(OC)c1O. The lowest BCUT2D eigenvalue weighted by Gasteiger charge is -2.41. The second-order valence-corrected chi connectivity index (χ2v) is 9.39. The lowest BCUT2D eigenvalue weighted by molar-refractivity contribution is -0.173. The molecule has 0 radical (unpaired) electrons. The van der Waals surface area contributed by atoms with Gasteiger partial charge in [-0.3, -0.25) is 24.4 Å². The normalized spacial score (nSPS) is 27.6. The number of carbonyl (C=O) groups is 4. The summed E-state index contributed by atoms with van der Waals surface area (Å²) in [5.74, 6) is -4.18. The van der Waals surface area contributed by atoms with Crippen LogP contribution in [0.3, 0.4) is 0 Å². The van der Waals surface area contributed by atoms with Crippen LogP contribution in [-0.4, -0.2) is 53.0 Å². The molecule has 9 heteroatoms. The molecule has 3 aliphatic carbocycles. The van der Waals surface area contributed by atoms with Crippen molar-refractivity contribution < 1.29 is 39.0 Å². The molecular weight excluding hydrogens is 466 g/mol. The Morgan fingerprint density at radius 3 is 2.33 bits per heavy atom. The Hall–Kier alpha value is -3.98. The van der Waals surface area contributed by atoms with Crippen LogP contribution < -0.4 is 9.47 Å². The third-order valence-corrected chi connectivity index (χ3v) is 7.57. The van der Waals surface area contributed by atoms with Gasteiger partial charge in [0.1, 0.15) is 0 Å². The number of Topliss-reactive ketones (excluding diaryl/α,β-unsaturated/α-hetero) is 1. The Balaban J connectivity index is 1.63. The molecule has 1 aromatic rings. The highest BCUT2D eigenvalue weighted by atomic mass is 16.5. The number of imide groups is 1. The molecule has 0 saturated carbocycles. The molecule has 0 unspecified atom stereocenters. The lowest BCUT2D eigenvalue weighted by Crippen LogP contribution is -2.39. The van der Waals surface area contributed by atoms with E-state index in [0.29, 0.717) is 22.3 Å². The standard InChI is InChI=1S/C27H25NO8/c1-12-8-19(29)18-11-17-14(6-7-16-23(17)27(33)28(34)26(16)32)15(22(18)24(12)30)5-4-13-9-20(35-2)25(31)21(10-13)36-3/h4-6,8-10,15-17,23,31,34H,7,11H2,1-3H3/t15-,16-,17+,23-/m0/s1. The van der Waals surface area contributed by atoms with E-state index in [1.807, 2.05) is 6.08 Å². The Bertz CT molecular complexity index is 1320. The summed E-state index contributed by atoms with van der Waals surface area (Å²) >= 11 is 0. The maximum atomic E-state index is 13.3. The smallest absolute Gasteiger partial charge is 0.257 e. The van der Waals surface area contributed by atoms with Gasteiger partial charge in [-0.25, -0.2) is 0 Å². The zero-order valence-electron chi connectivity index (χ0n) is 20.0. The number of fused-ring (bicyclic) bond motifs is 3. The van der Waals surface area contributed by atoms with Gasteiger partial charge in [-0.15, -0.1) is 0 Å². The number of nitrogens with zero attached hydrogens (tertiary/aromatic N) is 1. The summed E-state index contributed by atoms with van der Waals surface area (Å²) in [6.07, 6.45) is 7.09. The number of phenols is 1. The second-order valence-electron chi connectivity index (χ2n) is 9.39. The van der Waals surface area contributed by atoms with Crippen molar-refractivity contribution in [2.24, 2.45) is 23.7 Å². The molecule has 4 atom stereocenters. The predicted octanol–water partition coefficient (Wildman–Crippen LogP) is 2.77. The highest BCUT2D eigenvalue weighted by molar-refractivity contribution is 6.23. The van der Waals surface area contributed by atoms with Crippen LogP contribution in [0.25, 0.3) is 6.08 Å². The fraction of sp³-hybridized carbons (Fsp3) is 0.333. The average Bonchev–Trinajstić information content (AvgIpc) is 3.09. The minimum Gasteiger partial charge on any atom is -0.502 e. The number of benzene rings is 1. The summed E-state index contributed by atoms with van der Waals surface area (Å²) in [4.78, 5) is 51.5. The van der Waals surface area contributed by atoms with E-state index >= 15 is 0 Å². The van der Waals surface area contributed by atoms with Gasteiger partial charge in [0.15, 0.2) is 23.1 Å². The molecule has 186 valence electrons. The van der Waals surface area contributed by atoms with Gasteiger partial charge < -0.3 is 14.6 Å². The van der Waals surface area contributed by atoms with Gasteiger partial charge in [0.05, 0.1) is 26.1 Å². The van der Waals surface area contributed by atoms with E-state index in [2.05, 4.69) is 0 Å². The molecular formula is C27H25NO8. The van der Waals surface area contributed by atoms with E-state index in [-0.39, 0.29) is 46.7 Å². The van der Waals surface area contributed by atoms with Gasteiger partial charge in [-0.1, -0.05) is 23.8 Å². The molecule has 2 amide bonds. The van der Waals surface area contributed by atoms with E-state index in [9.17, 15) is 29.5 Å². The van der Waals surface area contributed by atoms with Crippen molar-refractivity contribution >= 4 is 29.5 Å². The number of hydrogen-bond acceptors (Lipinski definition) is 8. The van der Waals surface area contributed by atoms with Gasteiger partial charge in [0, 0.05) is 22.6 Å². The van der Waals surface area contributed by atoms with E-state index in [0.717, 1.165) is 5.57 Å². The maximum Gasteiger partial charge on any atom is 0.257 e. The number of phenolic OH excluding ortho intramolecular Hbond substituents is 1. The third-order valence-electron chi connectivity index (χ3n) is 7.57. The molecule has 2 N–H and O–H groups in total. The van der Waals surface area contributed by atoms with Gasteiger partial charge in [0.25, 0.3) is 11.8 Å². The largest absolute Gasteiger partial charge is 0.502 e. The van der Waals surface area contributed by atoms with Crippen LogP contribution in [0, 0.1) is 23.7 Å². The van der Waals surface area contributed by atoms with E-state index in [1.165, 1.54) is 20.3 Å². The molecule has 1 fully saturated rings. The molecule has 1 aromatic carbocycles. The number of carbonyl (C=O) groups excluding carboxylic acids is 4. The van der Waals surface area contributed by atoms with Crippen LogP contribution in [0.4, 0.5) is 0 Å². The first-order valence-electron chi connectivity index (χ1n) is 11.6. The van der Waals surface area contributed by atoms with Crippen molar-refractivity contribution in [2.45, 2.75) is 19.8 Å². The van der Waals surface area contributed by atoms with Crippen LogP contribution >= 0.6 is 0 Å². The minimum atomic E-state index is -0.795. The Morgan fingerprint density at radius 2 is 1.69 bits per heavy atom. The Morgan fingerprint density at radius 1 is 1.03 bits per heavy atom. The summed E-state index contributed by atoms with van der Waals surface area (Å²) in [5, 5.41) is 20.4. The molecule has 1 saturated heterocycles. The average molecular weight is 491 g/mol. The van der Waals surface area contributed by atoms with Gasteiger partial charge in [-0.2, -0.15) is 5.06 Å². The fourth-order valence-corrected chi connectivity index (χ4v) is 5.84. The summed E-state index contributed by atoms with van der Waals surface area (Å²) in [6, 6.07) is 3.22. The number of rotatable bonds is 4. The molecule has 0 bridgehead atoms. The van der Waals surface area contributed by atoms with Crippen LogP contribution in [0.2, 0.25) is 0 Å². The summed E-state index contributed by atoms with van der Waals surface area (Å²) in [5.41, 5.74) is 2.44. The first-order chi connectivity index (χ1) is 17.2. The van der Waals surface area contributed by atoms with Crippen LogP contribution in [0.1, 0.15) is 25.3 Å². The van der Waals surface area contributed by atoms with Crippen LogP contribution in [-0.2, 0) is 19.2 Å². The number of allylic oxidation sites excluding steroid dienone is 7. The van der Waals surface area contributed by atoms with Crippen molar-refractivity contribution in [2.75, 3.05) is 14.2 Å². The zero-order chi connectivity index (χ0) is 25.9. The minimum absolute atomic E-state index is 0.146. The summed E-state index contributed by atoms with van der Waals surface area (Å²) in [7, 11) is 2.83. The van der Waals surface area contributed by atoms with Crippen molar-refractivity contribution in [1.29, 1.82) is 0 Å². The van der Waals surface area contributed by atoms with Gasteiger partial charge in [0.2, 0.25) is 5.75 Å². The van der Waals surface area contributed by atoms with E-state index < -0.39 is 35.5 Å². The Kier molecular flexibility index (Phi) is 5.67. The number of hydroxylamine groups is 2. The number of ether oxygens (including phenoxy) is 2. The number of amides is 2. The van der Waals surface area contributed by atoms with Crippen LogP contribution in [0.5, 0.6) is 17.2 Å². The third kappa shape index (κ3) is 3.42. The molecule has 36 heavy (non-hydrogen) atoms. The molecule has 1 heterocycles. The van der Waals surface area contributed by atoms with Gasteiger partial charge >= 0.3 is 0 Å². The maximum absolute atomic E-state index is 13.3. The van der Waals surface area contributed by atoms with Crippen LogP contribution in [0.15, 0.2) is 52.7 Å². The van der Waals surface area contributed by atoms with Crippen molar-refractivity contribution in [3.63, 3.8) is 0 Å². The number of hydrogen-bond donors (Lipinski definition) is 2. The monoisotopic (exact) mass is 491 g/mol. The first-order valence-corrected chi connectivity index (χ1v) is 11.6. The summed E-state index contributed by atoms with van der Waals surface area (Å²) in [6.45, 7) is 1.60. The number of methoxy groups -OCH3 is 2. The highest BCUT2D eigenvalue weighted by Crippen LogP contribution is 2.52. The van der Waals surface area contributed by atoms with Crippen molar-refractivity contribution in [3.05, 3.63) is 58.2 Å². The molecule has 4 aliphatic rings. The van der Waals surface area contributed by atoms with E-state index in [1.54, 1.807) is 31.2 Å². The van der Waals surface area contributed by atoms with E-state index in [4.69, 9.17) is 9.47 Å².